The normalized spacial score (nSPS) is 1.00. The van der Waals surface area contributed by atoms with Crippen molar-refractivity contribution in [2.45, 2.75) is 0 Å². The fraction of sp³-hybridized carbons (Fsp3) is 0. The predicted octanol–water partition coefficient (Wildman–Crippen LogP) is -1.86. The van der Waals surface area contributed by atoms with Gasteiger partial charge in [-0.15, -0.1) is 0 Å². The zero-order valence-electron chi connectivity index (χ0n) is 1.32. The second-order valence-corrected chi connectivity index (χ2v) is 0. The molecule has 0 aromatic heterocycles. The van der Waals surface area contributed by atoms with Crippen LogP contribution in [0, 0.1) is 0 Å². The van der Waals surface area contributed by atoms with Crippen molar-refractivity contribution in [3.63, 3.8) is 0 Å². The Hall–Kier alpha value is 1.21. The summed E-state index contributed by atoms with van der Waals surface area (Å²) in [5.74, 6) is 0. The number of rotatable bonds is 0. The first-order valence-electron chi connectivity index (χ1n) is 0.167. The molecule has 0 unspecified atom stereocenters. The van der Waals surface area contributed by atoms with Crippen LogP contribution >= 0.6 is 0 Å². The first kappa shape index (κ1) is 18.9. The summed E-state index contributed by atoms with van der Waals surface area (Å²) in [5.41, 5.74) is 0. The Labute approximate surface area is 51.6 Å². The second-order valence-electron chi connectivity index (χ2n) is 0. The van der Waals surface area contributed by atoms with E-state index in [4.69, 9.17) is 3.40 Å². The average Bonchev–Trinajstić information content (AvgIpc) is 1.00. The van der Waals surface area contributed by atoms with E-state index in [0.29, 0.717) is 19.8 Å². The Kier molecular flexibility index (Phi) is 139. The predicted molar refractivity (Wildman–Crippen MR) is 12.8 cm³/mol. The molecule has 0 aromatic carbocycles. The van der Waals surface area contributed by atoms with Crippen LogP contribution in [0.25, 0.3) is 0 Å². The standard InChI is InChI=1S/Mg.Mo.H2O.O.2H/h;;1H2;;;. The van der Waals surface area contributed by atoms with E-state index in [1.807, 2.05) is 0 Å². The van der Waals surface area contributed by atoms with Crippen LogP contribution < -0.4 is 0 Å². The first-order valence-corrected chi connectivity index (χ1v) is 0.986. The monoisotopic (exact) mass is 158 g/mol. The molecule has 0 saturated carbocycles. The van der Waals surface area contributed by atoms with E-state index in [1.165, 1.54) is 0 Å². The molecule has 0 heterocycles. The average molecular weight is 156 g/mol. The van der Waals surface area contributed by atoms with Gasteiger partial charge in [-0.3, -0.25) is 0 Å². The van der Waals surface area contributed by atoms with E-state index in [9.17, 15) is 0 Å². The van der Waals surface area contributed by atoms with Crippen molar-refractivity contribution in [3.8, 4) is 0 Å². The summed E-state index contributed by atoms with van der Waals surface area (Å²) in [6, 6.07) is 0. The van der Waals surface area contributed by atoms with Gasteiger partial charge in [0.05, 0.1) is 0 Å². The van der Waals surface area contributed by atoms with Crippen molar-refractivity contribution in [2.75, 3.05) is 0 Å². The van der Waals surface area contributed by atoms with Gasteiger partial charge in [-0.25, -0.2) is 0 Å². The number of hydrogen-bond acceptors (Lipinski definition) is 1. The molecule has 0 atom stereocenters. The first-order chi connectivity index (χ1) is 1.00. The quantitative estimate of drug-likeness (QED) is 0.379. The van der Waals surface area contributed by atoms with E-state index in [0.717, 1.165) is 0 Å². The molecule has 0 aliphatic heterocycles. The summed E-state index contributed by atoms with van der Waals surface area (Å²) >= 11 is 0.700. The van der Waals surface area contributed by atoms with Crippen molar-refractivity contribution in [1.29, 1.82) is 0 Å². The van der Waals surface area contributed by atoms with E-state index in [2.05, 4.69) is 0 Å². The maximum absolute atomic E-state index is 8.26. The van der Waals surface area contributed by atoms with E-state index < -0.39 is 0 Å². The SMILES string of the molecule is O.[MgH2].[O]=[Mo]. The summed E-state index contributed by atoms with van der Waals surface area (Å²) in [7, 11) is 0. The van der Waals surface area contributed by atoms with Gasteiger partial charge in [-0.05, 0) is 0 Å². The van der Waals surface area contributed by atoms with Gasteiger partial charge >= 0.3 is 46.2 Å². The van der Waals surface area contributed by atoms with Gasteiger partial charge in [-0.1, -0.05) is 0 Å². The van der Waals surface area contributed by atoms with Crippen molar-refractivity contribution in [1.82, 2.24) is 0 Å². The molecule has 0 aromatic rings. The zero-order valence-corrected chi connectivity index (χ0v) is 3.32. The topological polar surface area (TPSA) is 48.6 Å². The van der Waals surface area contributed by atoms with Gasteiger partial charge in [0.25, 0.3) is 0 Å². The molecule has 0 spiro atoms. The van der Waals surface area contributed by atoms with Crippen LogP contribution in [0.3, 0.4) is 0 Å². The molecular formula is H4MgMoO2. The van der Waals surface area contributed by atoms with Crippen LogP contribution in [0.2, 0.25) is 0 Å². The molecule has 0 aliphatic rings. The molecular weight excluding hydrogens is 152 g/mol. The van der Waals surface area contributed by atoms with Crippen molar-refractivity contribution >= 4 is 23.1 Å². The maximum atomic E-state index is 8.26. The summed E-state index contributed by atoms with van der Waals surface area (Å²) in [4.78, 5) is 0. The molecule has 4 heavy (non-hydrogen) atoms. The Morgan fingerprint density at radius 3 is 1.25 bits per heavy atom. The van der Waals surface area contributed by atoms with Gasteiger partial charge in [-0.2, -0.15) is 0 Å². The van der Waals surface area contributed by atoms with Gasteiger partial charge in [0.2, 0.25) is 0 Å². The zero-order chi connectivity index (χ0) is 2.00. The number of hydrogen-bond donors (Lipinski definition) is 0. The van der Waals surface area contributed by atoms with Gasteiger partial charge in [0, 0.05) is 0 Å². The molecule has 24 valence electrons. The van der Waals surface area contributed by atoms with Gasteiger partial charge in [0.15, 0.2) is 0 Å². The van der Waals surface area contributed by atoms with Crippen LogP contribution in [0.4, 0.5) is 0 Å². The Morgan fingerprint density at radius 2 is 1.25 bits per heavy atom. The molecule has 0 rings (SSSR count). The summed E-state index contributed by atoms with van der Waals surface area (Å²) < 4.78 is 8.26. The molecule has 0 amide bonds. The van der Waals surface area contributed by atoms with Crippen LogP contribution in [0.5, 0.6) is 0 Å². The fourth-order valence-electron chi connectivity index (χ4n) is 0. The third-order valence-corrected chi connectivity index (χ3v) is 0. The third-order valence-electron chi connectivity index (χ3n) is 0. The molecule has 0 fully saturated rings. The molecule has 2 N–H and O–H groups in total. The van der Waals surface area contributed by atoms with Gasteiger partial charge < -0.3 is 5.48 Å². The molecule has 0 bridgehead atoms. The minimum absolute atomic E-state index is 0. The van der Waals surface area contributed by atoms with Crippen molar-refractivity contribution in [2.24, 2.45) is 0 Å². The summed E-state index contributed by atoms with van der Waals surface area (Å²) in [5, 5.41) is 0. The van der Waals surface area contributed by atoms with Gasteiger partial charge in [0.1, 0.15) is 0 Å². The van der Waals surface area contributed by atoms with Crippen LogP contribution in [0.1, 0.15) is 0 Å². The van der Waals surface area contributed by atoms with Crippen molar-refractivity contribution < 1.29 is 28.7 Å². The molecule has 2 nitrogen and oxygen atoms in total. The van der Waals surface area contributed by atoms with Crippen LogP contribution in [-0.2, 0) is 23.2 Å². The van der Waals surface area contributed by atoms with E-state index in [1.54, 1.807) is 0 Å². The van der Waals surface area contributed by atoms with E-state index in [-0.39, 0.29) is 28.5 Å². The van der Waals surface area contributed by atoms with Crippen LogP contribution in [-0.4, -0.2) is 28.5 Å². The summed E-state index contributed by atoms with van der Waals surface area (Å²) in [6.45, 7) is 0. The Bertz CT molecular complexity index is 6.00. The van der Waals surface area contributed by atoms with Crippen molar-refractivity contribution in [3.05, 3.63) is 0 Å². The second kappa shape index (κ2) is 29.5. The fourth-order valence-corrected chi connectivity index (χ4v) is 0. The Balaban J connectivity index is -0.00000000500. The molecule has 4 heteroatoms. The third kappa shape index (κ3) is 10.7. The van der Waals surface area contributed by atoms with Crippen LogP contribution in [0.15, 0.2) is 0 Å². The molecule has 0 saturated heterocycles. The molecule has 0 aliphatic carbocycles. The van der Waals surface area contributed by atoms with E-state index >= 15 is 0 Å². The Morgan fingerprint density at radius 1 is 1.25 bits per heavy atom. The summed E-state index contributed by atoms with van der Waals surface area (Å²) in [6.07, 6.45) is 0. The molecule has 0 radical (unpaired) electrons. The minimum atomic E-state index is 0.